The van der Waals surface area contributed by atoms with E-state index in [1.54, 1.807) is 12.4 Å². The molecule has 2 atom stereocenters. The number of fused-ring (bicyclic) bond motifs is 3. The lowest BCUT2D eigenvalue weighted by atomic mass is 10.2. The lowest BCUT2D eigenvalue weighted by Crippen LogP contribution is -2.49. The highest BCUT2D eigenvalue weighted by molar-refractivity contribution is 5.95. The van der Waals surface area contributed by atoms with Gasteiger partial charge in [-0.25, -0.2) is 4.98 Å². The number of likely N-dealkylation sites (tertiary alicyclic amines) is 1. The summed E-state index contributed by atoms with van der Waals surface area (Å²) in [5.74, 6) is 1.56. The molecule has 4 heterocycles. The number of anilines is 3. The lowest BCUT2D eigenvalue weighted by molar-refractivity contribution is 0.0725. The molecule has 2 aromatic carbocycles. The Kier molecular flexibility index (Phi) is 4.09. The Hall–Kier alpha value is -3.94. The Morgan fingerprint density at radius 2 is 1.84 bits per heavy atom. The Labute approximate surface area is 178 Å². The summed E-state index contributed by atoms with van der Waals surface area (Å²) in [6.45, 7) is 1.44. The maximum Gasteiger partial charge on any atom is 0.254 e. The molecule has 2 aliphatic heterocycles. The van der Waals surface area contributed by atoms with Gasteiger partial charge in [-0.2, -0.15) is 10.1 Å². The molecule has 31 heavy (non-hydrogen) atoms. The van der Waals surface area contributed by atoms with Gasteiger partial charge in [0, 0.05) is 30.2 Å². The Morgan fingerprint density at radius 1 is 1.00 bits per heavy atom. The number of amides is 1. The van der Waals surface area contributed by atoms with Gasteiger partial charge in [0.2, 0.25) is 5.95 Å². The second-order valence-corrected chi connectivity index (χ2v) is 8.02. The van der Waals surface area contributed by atoms with Crippen LogP contribution in [0.25, 0.3) is 10.9 Å². The zero-order valence-corrected chi connectivity index (χ0v) is 16.8. The highest BCUT2D eigenvalue weighted by Crippen LogP contribution is 2.35. The molecular formula is C23H21N7O. The van der Waals surface area contributed by atoms with Crippen molar-refractivity contribution in [2.24, 2.45) is 0 Å². The number of aromatic amines is 1. The van der Waals surface area contributed by atoms with Crippen molar-refractivity contribution >= 4 is 34.3 Å². The fourth-order valence-corrected chi connectivity index (χ4v) is 4.65. The van der Waals surface area contributed by atoms with Crippen LogP contribution in [0.4, 0.5) is 17.5 Å². The second-order valence-electron chi connectivity index (χ2n) is 8.02. The average Bonchev–Trinajstić information content (AvgIpc) is 3.57. The summed E-state index contributed by atoms with van der Waals surface area (Å²) in [6.07, 6.45) is 4.46. The molecule has 4 aromatic rings. The molecule has 1 amide bonds. The molecule has 2 aromatic heterocycles. The summed E-state index contributed by atoms with van der Waals surface area (Å²) in [6, 6.07) is 17.9. The van der Waals surface area contributed by atoms with Gasteiger partial charge in [0.25, 0.3) is 5.91 Å². The molecule has 2 unspecified atom stereocenters. The molecule has 0 spiro atoms. The normalized spacial score (nSPS) is 19.9. The third-order valence-electron chi connectivity index (χ3n) is 6.13. The maximum atomic E-state index is 12.9. The molecule has 8 nitrogen and oxygen atoms in total. The molecule has 2 N–H and O–H groups in total. The first-order chi connectivity index (χ1) is 15.3. The van der Waals surface area contributed by atoms with Crippen LogP contribution in [-0.4, -0.2) is 56.1 Å². The number of hydrogen-bond acceptors (Lipinski definition) is 6. The maximum absolute atomic E-state index is 12.9. The number of rotatable bonds is 4. The average molecular weight is 411 g/mol. The van der Waals surface area contributed by atoms with Crippen LogP contribution in [0.5, 0.6) is 0 Å². The SMILES string of the molecule is O=C(c1ccccc1)N1CC2CC1CN2c1nc(Nc2cn[nH]c2)c2ccccc2n1. The van der Waals surface area contributed by atoms with Crippen molar-refractivity contribution in [3.05, 3.63) is 72.6 Å². The van der Waals surface area contributed by atoms with Crippen LogP contribution in [0.3, 0.4) is 0 Å². The first-order valence-corrected chi connectivity index (χ1v) is 10.4. The van der Waals surface area contributed by atoms with E-state index in [1.165, 1.54) is 0 Å². The summed E-state index contributed by atoms with van der Waals surface area (Å²) in [5.41, 5.74) is 2.48. The number of nitrogens with one attached hydrogen (secondary N) is 2. The van der Waals surface area contributed by atoms with Crippen molar-refractivity contribution in [1.82, 2.24) is 25.1 Å². The van der Waals surface area contributed by atoms with E-state index in [-0.39, 0.29) is 18.0 Å². The summed E-state index contributed by atoms with van der Waals surface area (Å²) in [7, 11) is 0. The van der Waals surface area contributed by atoms with Gasteiger partial charge in [-0.1, -0.05) is 30.3 Å². The molecule has 0 saturated carbocycles. The molecule has 8 heteroatoms. The highest BCUT2D eigenvalue weighted by atomic mass is 16.2. The van der Waals surface area contributed by atoms with Crippen molar-refractivity contribution in [1.29, 1.82) is 0 Å². The van der Waals surface area contributed by atoms with Gasteiger partial charge in [0.05, 0.1) is 29.5 Å². The third kappa shape index (κ3) is 3.07. The predicted octanol–water partition coefficient (Wildman–Crippen LogP) is 3.20. The molecule has 154 valence electrons. The fraction of sp³-hybridized carbons (Fsp3) is 0.217. The number of para-hydroxylation sites is 1. The molecule has 2 saturated heterocycles. The van der Waals surface area contributed by atoms with Crippen LogP contribution >= 0.6 is 0 Å². The summed E-state index contributed by atoms with van der Waals surface area (Å²) in [4.78, 5) is 26.9. The van der Waals surface area contributed by atoms with Crippen molar-refractivity contribution < 1.29 is 4.79 Å². The van der Waals surface area contributed by atoms with Gasteiger partial charge < -0.3 is 15.1 Å². The predicted molar refractivity (Wildman–Crippen MR) is 118 cm³/mol. The number of piperazine rings is 1. The minimum absolute atomic E-state index is 0.106. The molecule has 6 rings (SSSR count). The zero-order chi connectivity index (χ0) is 20.8. The minimum Gasteiger partial charge on any atom is -0.337 e. The topological polar surface area (TPSA) is 90.0 Å². The Bertz CT molecular complexity index is 1240. The van der Waals surface area contributed by atoms with E-state index in [0.717, 1.165) is 40.9 Å². The number of benzene rings is 2. The third-order valence-corrected chi connectivity index (χ3v) is 6.13. The van der Waals surface area contributed by atoms with Crippen LogP contribution in [0, 0.1) is 0 Å². The van der Waals surface area contributed by atoms with Crippen LogP contribution in [0.2, 0.25) is 0 Å². The van der Waals surface area contributed by atoms with Gasteiger partial charge in [0.15, 0.2) is 0 Å². The number of carbonyl (C=O) groups is 1. The molecule has 0 radical (unpaired) electrons. The van der Waals surface area contributed by atoms with E-state index in [0.29, 0.717) is 12.5 Å². The van der Waals surface area contributed by atoms with Crippen molar-refractivity contribution in [2.45, 2.75) is 18.5 Å². The lowest BCUT2D eigenvalue weighted by Gasteiger charge is -2.34. The number of aromatic nitrogens is 4. The van der Waals surface area contributed by atoms with Crippen molar-refractivity contribution in [3.63, 3.8) is 0 Å². The van der Waals surface area contributed by atoms with Crippen LogP contribution in [0.1, 0.15) is 16.8 Å². The van der Waals surface area contributed by atoms with Gasteiger partial charge in [0.1, 0.15) is 5.82 Å². The number of hydrogen-bond donors (Lipinski definition) is 2. The highest BCUT2D eigenvalue weighted by Gasteiger charge is 2.46. The van der Waals surface area contributed by atoms with Gasteiger partial charge in [-0.3, -0.25) is 9.89 Å². The molecule has 2 fully saturated rings. The monoisotopic (exact) mass is 411 g/mol. The quantitative estimate of drug-likeness (QED) is 0.536. The van der Waals surface area contributed by atoms with E-state index in [2.05, 4.69) is 20.4 Å². The zero-order valence-electron chi connectivity index (χ0n) is 16.8. The van der Waals surface area contributed by atoms with E-state index in [1.807, 2.05) is 59.5 Å². The van der Waals surface area contributed by atoms with Crippen LogP contribution in [0.15, 0.2) is 67.0 Å². The van der Waals surface area contributed by atoms with E-state index in [4.69, 9.17) is 9.97 Å². The molecule has 2 aliphatic rings. The standard InChI is InChI=1S/C23H21N7O/c31-22(15-6-2-1-3-7-15)29-13-18-10-17(29)14-30(18)23-27-20-9-5-4-8-19(20)21(28-23)26-16-11-24-25-12-16/h1-9,11-12,17-18H,10,13-14H2,(H,24,25)(H,26,27,28). The van der Waals surface area contributed by atoms with E-state index >= 15 is 0 Å². The summed E-state index contributed by atoms with van der Waals surface area (Å²) < 4.78 is 0. The molecular weight excluding hydrogens is 390 g/mol. The van der Waals surface area contributed by atoms with Gasteiger partial charge in [-0.05, 0) is 30.7 Å². The number of carbonyl (C=O) groups excluding carboxylic acids is 1. The van der Waals surface area contributed by atoms with Gasteiger partial charge in [-0.15, -0.1) is 0 Å². The first kappa shape index (κ1) is 17.9. The number of nitrogens with zero attached hydrogens (tertiary/aromatic N) is 5. The minimum atomic E-state index is 0.106. The Morgan fingerprint density at radius 3 is 2.61 bits per heavy atom. The first-order valence-electron chi connectivity index (χ1n) is 10.4. The van der Waals surface area contributed by atoms with Crippen LogP contribution in [-0.2, 0) is 0 Å². The molecule has 0 aliphatic carbocycles. The summed E-state index contributed by atoms with van der Waals surface area (Å²) >= 11 is 0. The largest absolute Gasteiger partial charge is 0.337 e. The van der Waals surface area contributed by atoms with E-state index < -0.39 is 0 Å². The van der Waals surface area contributed by atoms with Crippen molar-refractivity contribution in [2.75, 3.05) is 23.3 Å². The fourth-order valence-electron chi connectivity index (χ4n) is 4.65. The Balaban J connectivity index is 1.29. The second kappa shape index (κ2) is 7.09. The van der Waals surface area contributed by atoms with Crippen LogP contribution < -0.4 is 10.2 Å². The smallest absolute Gasteiger partial charge is 0.254 e. The molecule has 2 bridgehead atoms. The summed E-state index contributed by atoms with van der Waals surface area (Å²) in [5, 5.41) is 11.1. The number of H-pyrrole nitrogens is 1. The van der Waals surface area contributed by atoms with Crippen molar-refractivity contribution in [3.8, 4) is 0 Å². The van der Waals surface area contributed by atoms with E-state index in [9.17, 15) is 4.79 Å². The van der Waals surface area contributed by atoms with Gasteiger partial charge >= 0.3 is 0 Å².